The highest BCUT2D eigenvalue weighted by Crippen LogP contribution is 2.14. The first-order chi connectivity index (χ1) is 5.18. The van der Waals surface area contributed by atoms with Gasteiger partial charge in [-0.15, -0.1) is 20.2 Å². The Morgan fingerprint density at radius 3 is 1.36 bits per heavy atom. The Hall–Kier alpha value is -2.20. The molecule has 56 valence electrons. The minimum atomic E-state index is -3.43. The van der Waals surface area contributed by atoms with Gasteiger partial charge in [0.1, 0.15) is 0 Å². The lowest BCUT2D eigenvalue weighted by atomic mass is 11.1. The van der Waals surface area contributed by atoms with Gasteiger partial charge in [-0.2, -0.15) is 0 Å². The Kier molecular flexibility index (Phi) is 3.00. The third-order valence-electron chi connectivity index (χ3n) is 0.503. The van der Waals surface area contributed by atoms with Crippen molar-refractivity contribution in [3.8, 4) is 18.8 Å². The van der Waals surface area contributed by atoms with Gasteiger partial charge in [0.05, 0.1) is 0 Å². The van der Waals surface area contributed by atoms with E-state index in [0.29, 0.717) is 0 Å². The zero-order valence-electron chi connectivity index (χ0n) is 4.94. The molecule has 0 heterocycles. The fourth-order valence-corrected chi connectivity index (χ4v) is 0.226. The van der Waals surface area contributed by atoms with Crippen molar-refractivity contribution in [2.45, 2.75) is 6.23 Å². The molecule has 0 fully saturated rings. The van der Waals surface area contributed by atoms with Gasteiger partial charge in [0.25, 0.3) is 18.8 Å². The Balaban J connectivity index is 4.20. The number of nitriles is 3. The lowest BCUT2D eigenvalue weighted by molar-refractivity contribution is -0.383. The first kappa shape index (κ1) is 8.80. The molecule has 0 amide bonds. The zero-order chi connectivity index (χ0) is 8.74. The van der Waals surface area contributed by atoms with E-state index in [1.807, 2.05) is 0 Å². The van der Waals surface area contributed by atoms with Gasteiger partial charge in [0.2, 0.25) is 0 Å². The van der Waals surface area contributed by atoms with Crippen molar-refractivity contribution in [1.29, 1.82) is 15.8 Å². The molecule has 0 aromatic rings. The van der Waals surface area contributed by atoms with Crippen LogP contribution in [0.5, 0.6) is 0 Å². The first-order valence-electron chi connectivity index (χ1n) is 2.08. The molecule has 0 rings (SSSR count). The minimum Gasteiger partial charge on any atom is -0.315 e. The monoisotopic (exact) mass is 157 g/mol. The van der Waals surface area contributed by atoms with Crippen LogP contribution in [-0.4, -0.2) is 6.23 Å². The quantitative estimate of drug-likeness (QED) is 0.424. The number of alkyl halides is 1. The van der Waals surface area contributed by atoms with Crippen molar-refractivity contribution in [2.24, 2.45) is 0 Å². The highest BCUT2D eigenvalue weighted by atomic mass is 19.2. The number of rotatable bonds is 3. The van der Waals surface area contributed by atoms with Crippen molar-refractivity contribution in [1.82, 2.24) is 0 Å². The molecule has 7 heteroatoms. The second-order valence-electron chi connectivity index (χ2n) is 1.06. The SMILES string of the molecule is N#COC(F)(OC#N)OC#N. The van der Waals surface area contributed by atoms with E-state index < -0.39 is 6.23 Å². The Bertz CT molecular complexity index is 206. The fourth-order valence-electron chi connectivity index (χ4n) is 0.226. The van der Waals surface area contributed by atoms with Crippen molar-refractivity contribution >= 4 is 0 Å². The smallest absolute Gasteiger partial charge is 0.315 e. The van der Waals surface area contributed by atoms with Crippen LogP contribution in [0.3, 0.4) is 0 Å². The molecular formula is C4FN3O3. The molecule has 0 saturated heterocycles. The molecule has 0 atom stereocenters. The number of ether oxygens (including phenoxy) is 3. The van der Waals surface area contributed by atoms with E-state index in [2.05, 4.69) is 14.2 Å². The second kappa shape index (κ2) is 3.76. The molecule has 11 heavy (non-hydrogen) atoms. The van der Waals surface area contributed by atoms with Crippen molar-refractivity contribution in [3.05, 3.63) is 0 Å². The molecule has 0 radical (unpaired) electrons. The predicted molar refractivity (Wildman–Crippen MR) is 23.9 cm³/mol. The molecule has 0 aliphatic rings. The molecule has 6 nitrogen and oxygen atoms in total. The Morgan fingerprint density at radius 2 is 1.18 bits per heavy atom. The summed E-state index contributed by atoms with van der Waals surface area (Å²) in [6, 6.07) is 0. The molecule has 0 aliphatic heterocycles. The minimum absolute atomic E-state index is 0.851. The van der Waals surface area contributed by atoms with E-state index in [1.54, 1.807) is 0 Å². The van der Waals surface area contributed by atoms with Crippen LogP contribution in [0.25, 0.3) is 0 Å². The maximum Gasteiger partial charge on any atom is 0.627 e. The van der Waals surface area contributed by atoms with Crippen LogP contribution in [0.4, 0.5) is 4.39 Å². The summed E-state index contributed by atoms with van der Waals surface area (Å²) < 4.78 is 22.8. The number of hydrogen-bond acceptors (Lipinski definition) is 6. The summed E-state index contributed by atoms with van der Waals surface area (Å²) >= 11 is 0. The van der Waals surface area contributed by atoms with E-state index in [0.717, 1.165) is 18.8 Å². The van der Waals surface area contributed by atoms with Crippen LogP contribution in [-0.2, 0) is 14.2 Å². The van der Waals surface area contributed by atoms with E-state index in [9.17, 15) is 4.39 Å². The summed E-state index contributed by atoms with van der Waals surface area (Å²) in [5.74, 6) is 0. The summed E-state index contributed by atoms with van der Waals surface area (Å²) in [6.07, 6.45) is -0.880. The van der Waals surface area contributed by atoms with E-state index in [1.165, 1.54) is 0 Å². The summed E-state index contributed by atoms with van der Waals surface area (Å²) in [5, 5.41) is 23.3. The number of nitrogens with zero attached hydrogens (tertiary/aromatic N) is 3. The van der Waals surface area contributed by atoms with E-state index in [4.69, 9.17) is 15.8 Å². The van der Waals surface area contributed by atoms with Gasteiger partial charge < -0.3 is 14.2 Å². The number of hydrogen-bond donors (Lipinski definition) is 0. The van der Waals surface area contributed by atoms with Crippen LogP contribution >= 0.6 is 0 Å². The van der Waals surface area contributed by atoms with Crippen LogP contribution in [0.15, 0.2) is 0 Å². The molecule has 0 aromatic carbocycles. The van der Waals surface area contributed by atoms with E-state index >= 15 is 0 Å². The van der Waals surface area contributed by atoms with Gasteiger partial charge in [-0.05, 0) is 0 Å². The third-order valence-corrected chi connectivity index (χ3v) is 0.503. The van der Waals surface area contributed by atoms with Crippen LogP contribution < -0.4 is 0 Å². The van der Waals surface area contributed by atoms with Crippen LogP contribution in [0.1, 0.15) is 0 Å². The molecule has 0 bridgehead atoms. The maximum absolute atomic E-state index is 12.5. The van der Waals surface area contributed by atoms with Gasteiger partial charge in [-0.25, -0.2) is 0 Å². The third kappa shape index (κ3) is 2.73. The fraction of sp³-hybridized carbons (Fsp3) is 0.250. The molecule has 0 saturated carbocycles. The molecule has 0 N–H and O–H groups in total. The van der Waals surface area contributed by atoms with Gasteiger partial charge in [0.15, 0.2) is 0 Å². The lowest BCUT2D eigenvalue weighted by Gasteiger charge is -2.11. The van der Waals surface area contributed by atoms with Crippen LogP contribution in [0.2, 0.25) is 0 Å². The lowest BCUT2D eigenvalue weighted by Crippen LogP contribution is -2.29. The molecule has 0 unspecified atom stereocenters. The van der Waals surface area contributed by atoms with Gasteiger partial charge in [0, 0.05) is 0 Å². The Morgan fingerprint density at radius 1 is 0.909 bits per heavy atom. The highest BCUT2D eigenvalue weighted by Gasteiger charge is 2.39. The summed E-state index contributed by atoms with van der Waals surface area (Å²) in [6.45, 7) is 0. The number of halogens is 1. The molecular weight excluding hydrogens is 157 g/mol. The topological polar surface area (TPSA) is 99.1 Å². The summed E-state index contributed by atoms with van der Waals surface area (Å²) in [5.41, 5.74) is 0. The van der Waals surface area contributed by atoms with Gasteiger partial charge in [-0.3, -0.25) is 0 Å². The zero-order valence-corrected chi connectivity index (χ0v) is 4.94. The summed E-state index contributed by atoms with van der Waals surface area (Å²) in [7, 11) is 0. The standard InChI is InChI=1S/C4FN3O3/c5-4(9-1-6,10-2-7)11-3-8. The van der Waals surface area contributed by atoms with E-state index in [-0.39, 0.29) is 0 Å². The maximum atomic E-state index is 12.5. The summed E-state index contributed by atoms with van der Waals surface area (Å²) in [4.78, 5) is 0. The molecule has 0 aromatic heterocycles. The highest BCUT2D eigenvalue weighted by molar-refractivity contribution is 4.62. The van der Waals surface area contributed by atoms with Gasteiger partial charge >= 0.3 is 6.23 Å². The first-order valence-corrected chi connectivity index (χ1v) is 2.08. The van der Waals surface area contributed by atoms with Crippen LogP contribution in [0, 0.1) is 34.6 Å². The molecule has 0 spiro atoms. The predicted octanol–water partition coefficient (Wildman–Crippen LogP) is 0.0602. The average molecular weight is 157 g/mol. The van der Waals surface area contributed by atoms with Gasteiger partial charge in [-0.1, -0.05) is 0 Å². The normalized spacial score (nSPS) is 8.18. The second-order valence-corrected chi connectivity index (χ2v) is 1.06. The largest absolute Gasteiger partial charge is 0.627 e. The van der Waals surface area contributed by atoms with Crippen molar-refractivity contribution in [2.75, 3.05) is 0 Å². The average Bonchev–Trinajstić information content (AvgIpc) is 1.88. The van der Waals surface area contributed by atoms with Crippen molar-refractivity contribution in [3.63, 3.8) is 0 Å². The Labute approximate surface area is 60.5 Å². The molecule has 0 aliphatic carbocycles. The van der Waals surface area contributed by atoms with Crippen molar-refractivity contribution < 1.29 is 18.6 Å².